The van der Waals surface area contributed by atoms with Crippen LogP contribution in [0.2, 0.25) is 5.02 Å². The molecular weight excluding hydrogens is 564 g/mol. The van der Waals surface area contributed by atoms with Gasteiger partial charge >= 0.3 is 0 Å². The number of nitrogens with zero attached hydrogens (tertiary/aromatic N) is 2. The van der Waals surface area contributed by atoms with Crippen molar-refractivity contribution in [3.05, 3.63) is 95.5 Å². The first-order chi connectivity index (χ1) is 18.2. The fourth-order valence-electron chi connectivity index (χ4n) is 4.21. The topological polar surface area (TPSA) is 96.7 Å². The number of aromatic nitrogens is 1. The number of nitrogens with one attached hydrogen (secondary N) is 2. The van der Waals surface area contributed by atoms with Crippen molar-refractivity contribution in [3.8, 4) is 5.75 Å². The molecule has 2 aromatic carbocycles. The molecule has 3 heterocycles. The summed E-state index contributed by atoms with van der Waals surface area (Å²) in [6.45, 7) is 0. The van der Waals surface area contributed by atoms with E-state index in [9.17, 15) is 8.42 Å². The van der Waals surface area contributed by atoms with Crippen molar-refractivity contribution in [2.75, 3.05) is 23.0 Å². The lowest BCUT2D eigenvalue weighted by Crippen LogP contribution is -2.29. The molecule has 4 aromatic rings. The Bertz CT molecular complexity index is 1560. The molecule has 1 saturated heterocycles. The Balaban J connectivity index is 1.55. The summed E-state index contributed by atoms with van der Waals surface area (Å²) in [6, 6.07) is 21.5. The van der Waals surface area contributed by atoms with E-state index in [1.54, 1.807) is 18.3 Å². The van der Waals surface area contributed by atoms with Crippen molar-refractivity contribution in [1.82, 2.24) is 10.3 Å². The van der Waals surface area contributed by atoms with Gasteiger partial charge in [0.25, 0.3) is 0 Å². The first-order valence-electron chi connectivity index (χ1n) is 11.4. The van der Waals surface area contributed by atoms with Crippen LogP contribution >= 0.6 is 35.6 Å². The van der Waals surface area contributed by atoms with Gasteiger partial charge in [0.2, 0.25) is 10.0 Å². The van der Waals surface area contributed by atoms with E-state index in [0.717, 1.165) is 16.8 Å². The number of ether oxygens (including phenoxy) is 1. The number of hydrogen-bond donors (Lipinski definition) is 2. The molecule has 8 nitrogen and oxygen atoms in total. The fraction of sp³-hybridized carbons (Fsp3) is 0.154. The summed E-state index contributed by atoms with van der Waals surface area (Å²) < 4.78 is 38.2. The SMILES string of the molecule is COc1ccc(N2C(=S)N[C@@H](c3ccccn3)[C@@H]2c2ccc(Sc3ccc(Cl)cc3)o2)cc1NS(C)(=O)=O. The standard InChI is InChI=1S/C26H23ClN4O4S3/c1-34-21-11-8-17(15-20(21)30-38(2,32)33)31-25(24(29-26(31)36)19-5-3-4-14-28-19)22-12-13-23(35-22)37-18-9-6-16(27)7-10-18/h3-15,24-25,30H,1-2H3,(H,29,36)/t24-,25-/m0/s1. The fourth-order valence-corrected chi connectivity index (χ4v) is 6.02. The molecule has 0 aliphatic carbocycles. The predicted octanol–water partition coefficient (Wildman–Crippen LogP) is 6.04. The van der Waals surface area contributed by atoms with Crippen molar-refractivity contribution in [3.63, 3.8) is 0 Å². The minimum absolute atomic E-state index is 0.300. The van der Waals surface area contributed by atoms with Crippen LogP contribution in [0, 0.1) is 0 Å². The molecule has 1 fully saturated rings. The molecule has 5 rings (SSSR count). The van der Waals surface area contributed by atoms with Crippen molar-refractivity contribution >= 4 is 62.1 Å². The Labute approximate surface area is 235 Å². The molecule has 0 amide bonds. The van der Waals surface area contributed by atoms with Crippen LogP contribution in [0.3, 0.4) is 0 Å². The maximum Gasteiger partial charge on any atom is 0.229 e. The van der Waals surface area contributed by atoms with Crippen molar-refractivity contribution < 1.29 is 17.6 Å². The Morgan fingerprint density at radius 1 is 1.13 bits per heavy atom. The summed E-state index contributed by atoms with van der Waals surface area (Å²) in [4.78, 5) is 7.44. The molecule has 0 unspecified atom stereocenters. The molecule has 2 N–H and O–H groups in total. The number of halogens is 1. The number of anilines is 2. The molecule has 0 radical (unpaired) electrons. The Morgan fingerprint density at radius 3 is 2.61 bits per heavy atom. The number of thiocarbonyl (C=S) groups is 1. The summed E-state index contributed by atoms with van der Waals surface area (Å²) in [5.41, 5.74) is 1.74. The molecule has 38 heavy (non-hydrogen) atoms. The number of sulfonamides is 1. The minimum Gasteiger partial charge on any atom is -0.495 e. The molecule has 0 spiro atoms. The van der Waals surface area contributed by atoms with E-state index in [0.29, 0.717) is 38.1 Å². The highest BCUT2D eigenvalue weighted by molar-refractivity contribution is 7.99. The summed E-state index contributed by atoms with van der Waals surface area (Å²) in [6.07, 6.45) is 2.81. The number of rotatable bonds is 8. The van der Waals surface area contributed by atoms with E-state index >= 15 is 0 Å². The highest BCUT2D eigenvalue weighted by Gasteiger charge is 2.42. The summed E-state index contributed by atoms with van der Waals surface area (Å²) in [5, 5.41) is 5.19. The lowest BCUT2D eigenvalue weighted by Gasteiger charge is -2.27. The van der Waals surface area contributed by atoms with Gasteiger partial charge in [-0.2, -0.15) is 0 Å². The molecule has 2 atom stereocenters. The third kappa shape index (κ3) is 5.75. The van der Waals surface area contributed by atoms with Gasteiger partial charge in [0.15, 0.2) is 10.2 Å². The molecular formula is C26H23ClN4O4S3. The zero-order valence-corrected chi connectivity index (χ0v) is 23.5. The Hall–Kier alpha value is -3.25. The van der Waals surface area contributed by atoms with Crippen LogP contribution in [-0.4, -0.2) is 31.9 Å². The van der Waals surface area contributed by atoms with Gasteiger partial charge in [0, 0.05) is 21.8 Å². The van der Waals surface area contributed by atoms with E-state index in [1.807, 2.05) is 65.6 Å². The predicted molar refractivity (Wildman–Crippen MR) is 154 cm³/mol. The van der Waals surface area contributed by atoms with Crippen molar-refractivity contribution in [2.24, 2.45) is 0 Å². The number of hydrogen-bond acceptors (Lipinski definition) is 7. The Morgan fingerprint density at radius 2 is 1.92 bits per heavy atom. The van der Waals surface area contributed by atoms with Gasteiger partial charge in [-0.15, -0.1) is 0 Å². The summed E-state index contributed by atoms with van der Waals surface area (Å²) in [5.74, 6) is 1.05. The van der Waals surface area contributed by atoms with Crippen molar-refractivity contribution in [1.29, 1.82) is 0 Å². The molecule has 0 bridgehead atoms. The van der Waals surface area contributed by atoms with Gasteiger partial charge in [0.05, 0.1) is 30.8 Å². The monoisotopic (exact) mass is 586 g/mol. The van der Waals surface area contributed by atoms with Crippen LogP contribution in [0.15, 0.2) is 93.4 Å². The molecule has 1 aliphatic heterocycles. The second kappa shape index (κ2) is 10.9. The maximum absolute atomic E-state index is 12.0. The second-order valence-electron chi connectivity index (χ2n) is 8.47. The second-order valence-corrected chi connectivity index (χ2v) is 12.1. The summed E-state index contributed by atoms with van der Waals surface area (Å²) in [7, 11) is -2.07. The average molecular weight is 587 g/mol. The van der Waals surface area contributed by atoms with E-state index in [4.69, 9.17) is 33.0 Å². The molecule has 2 aromatic heterocycles. The number of benzene rings is 2. The van der Waals surface area contributed by atoms with Crippen molar-refractivity contribution in [2.45, 2.75) is 22.1 Å². The van der Waals surface area contributed by atoms with E-state index < -0.39 is 16.1 Å². The molecule has 0 saturated carbocycles. The lowest BCUT2D eigenvalue weighted by molar-refractivity contribution is 0.383. The first-order valence-corrected chi connectivity index (χ1v) is 14.9. The smallest absolute Gasteiger partial charge is 0.229 e. The van der Waals surface area contributed by atoms with Gasteiger partial charge in [-0.25, -0.2) is 8.42 Å². The number of methoxy groups -OCH3 is 1. The zero-order valence-electron chi connectivity index (χ0n) is 20.3. The first kappa shape index (κ1) is 26.4. The summed E-state index contributed by atoms with van der Waals surface area (Å²) >= 11 is 13.3. The highest BCUT2D eigenvalue weighted by atomic mass is 35.5. The van der Waals surface area contributed by atoms with E-state index in [1.165, 1.54) is 18.9 Å². The van der Waals surface area contributed by atoms with E-state index in [2.05, 4.69) is 15.0 Å². The number of pyridine rings is 1. The quantitative estimate of drug-likeness (QED) is 0.240. The normalized spacial score (nSPS) is 17.3. The lowest BCUT2D eigenvalue weighted by atomic mass is 10.0. The largest absolute Gasteiger partial charge is 0.495 e. The van der Waals surface area contributed by atoms with Gasteiger partial charge in [0.1, 0.15) is 17.6 Å². The van der Waals surface area contributed by atoms with Gasteiger partial charge in [-0.3, -0.25) is 9.71 Å². The van der Waals surface area contributed by atoms with Crippen LogP contribution in [0.25, 0.3) is 0 Å². The third-order valence-electron chi connectivity index (χ3n) is 5.78. The van der Waals surface area contributed by atoms with Crippen LogP contribution in [0.1, 0.15) is 23.5 Å². The van der Waals surface area contributed by atoms with Crippen LogP contribution in [0.4, 0.5) is 11.4 Å². The highest BCUT2D eigenvalue weighted by Crippen LogP contribution is 2.44. The molecule has 196 valence electrons. The van der Waals surface area contributed by atoms with Crippen LogP contribution in [0.5, 0.6) is 5.75 Å². The third-order valence-corrected chi connectivity index (χ3v) is 7.87. The molecule has 12 heteroatoms. The van der Waals surface area contributed by atoms with Crippen LogP contribution in [-0.2, 0) is 10.0 Å². The minimum atomic E-state index is -3.55. The average Bonchev–Trinajstić information content (AvgIpc) is 3.49. The Kier molecular flexibility index (Phi) is 7.53. The zero-order chi connectivity index (χ0) is 26.9. The van der Waals surface area contributed by atoms with Gasteiger partial charge in [-0.05, 0) is 78.9 Å². The number of furan rings is 1. The van der Waals surface area contributed by atoms with E-state index in [-0.39, 0.29) is 6.04 Å². The van der Waals surface area contributed by atoms with Crippen LogP contribution < -0.4 is 19.7 Å². The maximum atomic E-state index is 12.0. The van der Waals surface area contributed by atoms with Gasteiger partial charge < -0.3 is 19.4 Å². The molecule has 1 aliphatic rings. The van der Waals surface area contributed by atoms with Gasteiger partial charge in [-0.1, -0.05) is 29.4 Å².